The van der Waals surface area contributed by atoms with Gasteiger partial charge in [0, 0.05) is 45.1 Å². The predicted octanol–water partition coefficient (Wildman–Crippen LogP) is 0.502. The van der Waals surface area contributed by atoms with Crippen molar-refractivity contribution in [3.8, 4) is 0 Å². The molecule has 1 saturated heterocycles. The average molecular weight is 255 g/mol. The molecule has 2 N–H and O–H groups in total. The van der Waals surface area contributed by atoms with Crippen molar-refractivity contribution in [1.82, 2.24) is 15.5 Å². The van der Waals surface area contributed by atoms with E-state index in [1.165, 1.54) is 0 Å². The number of rotatable bonds is 5. The number of carbonyl (C=O) groups excluding carboxylic acids is 2. The minimum absolute atomic E-state index is 0.101. The number of amides is 2. The van der Waals surface area contributed by atoms with Crippen LogP contribution in [0.4, 0.5) is 0 Å². The summed E-state index contributed by atoms with van der Waals surface area (Å²) in [5.74, 6) is 0.227. The van der Waals surface area contributed by atoms with Gasteiger partial charge in [0.2, 0.25) is 11.8 Å². The average Bonchev–Trinajstić information content (AvgIpc) is 2.29. The van der Waals surface area contributed by atoms with Gasteiger partial charge < -0.3 is 15.5 Å². The van der Waals surface area contributed by atoms with Crippen molar-refractivity contribution >= 4 is 11.8 Å². The molecule has 1 fully saturated rings. The van der Waals surface area contributed by atoms with Crippen molar-refractivity contribution in [2.24, 2.45) is 0 Å². The molecule has 0 saturated carbocycles. The second-order valence-corrected chi connectivity index (χ2v) is 5.21. The Hall–Kier alpha value is -1.10. The highest BCUT2D eigenvalue weighted by Gasteiger charge is 2.21. The Bertz CT molecular complexity index is 284. The van der Waals surface area contributed by atoms with Gasteiger partial charge in [-0.1, -0.05) is 13.8 Å². The van der Waals surface area contributed by atoms with E-state index in [-0.39, 0.29) is 17.9 Å². The molecule has 0 aromatic rings. The molecule has 0 bridgehead atoms. The molecule has 5 heteroatoms. The summed E-state index contributed by atoms with van der Waals surface area (Å²) in [7, 11) is 0. The van der Waals surface area contributed by atoms with Gasteiger partial charge in [-0.3, -0.25) is 9.59 Å². The summed E-state index contributed by atoms with van der Waals surface area (Å²) in [6.45, 7) is 7.95. The van der Waals surface area contributed by atoms with Gasteiger partial charge in [-0.05, 0) is 12.8 Å². The molecule has 1 aliphatic rings. The Kier molecular flexibility index (Phi) is 6.12. The first-order valence-corrected chi connectivity index (χ1v) is 6.77. The van der Waals surface area contributed by atoms with Gasteiger partial charge in [-0.25, -0.2) is 0 Å². The first kappa shape index (κ1) is 15.0. The highest BCUT2D eigenvalue weighted by Crippen LogP contribution is 2.10. The zero-order chi connectivity index (χ0) is 13.5. The molecule has 0 aromatic carbocycles. The molecule has 5 nitrogen and oxygen atoms in total. The molecule has 2 amide bonds. The number of nitrogens with one attached hydrogen (secondary N) is 2. The van der Waals surface area contributed by atoms with Crippen LogP contribution in [-0.4, -0.2) is 48.4 Å². The summed E-state index contributed by atoms with van der Waals surface area (Å²) in [5, 5.41) is 6.26. The molecule has 1 aliphatic heterocycles. The zero-order valence-corrected chi connectivity index (χ0v) is 11.7. The SMILES string of the molecule is CC(=O)N1CCC(NC(=O)CCNC(C)C)CC1. The molecule has 18 heavy (non-hydrogen) atoms. The third kappa shape index (κ3) is 5.49. The molecule has 1 heterocycles. The van der Waals surface area contributed by atoms with Crippen LogP contribution in [-0.2, 0) is 9.59 Å². The van der Waals surface area contributed by atoms with E-state index in [2.05, 4.69) is 24.5 Å². The largest absolute Gasteiger partial charge is 0.353 e. The maximum absolute atomic E-state index is 11.7. The van der Waals surface area contributed by atoms with Gasteiger partial charge in [0.05, 0.1) is 0 Å². The lowest BCUT2D eigenvalue weighted by atomic mass is 10.0. The summed E-state index contributed by atoms with van der Waals surface area (Å²) in [6.07, 6.45) is 2.25. The van der Waals surface area contributed by atoms with Crippen LogP contribution in [0.5, 0.6) is 0 Å². The standard InChI is InChI=1S/C13H25N3O2/c1-10(2)14-7-4-13(18)15-12-5-8-16(9-6-12)11(3)17/h10,12,14H,4-9H2,1-3H3,(H,15,18). The monoisotopic (exact) mass is 255 g/mol. The topological polar surface area (TPSA) is 61.4 Å². The van der Waals surface area contributed by atoms with Crippen molar-refractivity contribution in [2.75, 3.05) is 19.6 Å². The highest BCUT2D eigenvalue weighted by molar-refractivity contribution is 5.76. The minimum Gasteiger partial charge on any atom is -0.353 e. The number of hydrogen-bond acceptors (Lipinski definition) is 3. The van der Waals surface area contributed by atoms with Crippen LogP contribution < -0.4 is 10.6 Å². The van der Waals surface area contributed by atoms with Crippen molar-refractivity contribution in [2.45, 2.75) is 52.1 Å². The van der Waals surface area contributed by atoms with Gasteiger partial charge in [-0.2, -0.15) is 0 Å². The van der Waals surface area contributed by atoms with Crippen LogP contribution in [0.2, 0.25) is 0 Å². The molecular formula is C13H25N3O2. The Balaban J connectivity index is 2.16. The minimum atomic E-state index is 0.101. The number of piperidine rings is 1. The Labute approximate surface area is 109 Å². The molecule has 0 radical (unpaired) electrons. The van der Waals surface area contributed by atoms with Gasteiger partial charge in [0.25, 0.3) is 0 Å². The van der Waals surface area contributed by atoms with Crippen LogP contribution in [0.15, 0.2) is 0 Å². The summed E-state index contributed by atoms with van der Waals surface area (Å²) in [4.78, 5) is 24.7. The molecule has 0 aromatic heterocycles. The lowest BCUT2D eigenvalue weighted by molar-refractivity contribution is -0.130. The summed E-state index contributed by atoms with van der Waals surface area (Å²) in [5.41, 5.74) is 0. The van der Waals surface area contributed by atoms with Crippen molar-refractivity contribution < 1.29 is 9.59 Å². The van der Waals surface area contributed by atoms with E-state index >= 15 is 0 Å². The number of likely N-dealkylation sites (tertiary alicyclic amines) is 1. The molecular weight excluding hydrogens is 230 g/mol. The number of carbonyl (C=O) groups is 2. The normalized spacial score (nSPS) is 17.0. The van der Waals surface area contributed by atoms with Gasteiger partial charge >= 0.3 is 0 Å². The second-order valence-electron chi connectivity index (χ2n) is 5.21. The van der Waals surface area contributed by atoms with E-state index in [1.54, 1.807) is 6.92 Å². The fourth-order valence-electron chi connectivity index (χ4n) is 2.11. The third-order valence-corrected chi connectivity index (χ3v) is 3.21. The highest BCUT2D eigenvalue weighted by atomic mass is 16.2. The Morgan fingerprint density at radius 1 is 1.28 bits per heavy atom. The molecule has 0 unspecified atom stereocenters. The molecule has 0 aliphatic carbocycles. The number of nitrogens with zero attached hydrogens (tertiary/aromatic N) is 1. The van der Waals surface area contributed by atoms with Crippen LogP contribution in [0.1, 0.15) is 40.0 Å². The molecule has 0 spiro atoms. The summed E-state index contributed by atoms with van der Waals surface area (Å²) in [6, 6.07) is 0.642. The quantitative estimate of drug-likeness (QED) is 0.752. The van der Waals surface area contributed by atoms with Gasteiger partial charge in [-0.15, -0.1) is 0 Å². The smallest absolute Gasteiger partial charge is 0.221 e. The first-order chi connectivity index (χ1) is 8.49. The van der Waals surface area contributed by atoms with E-state index in [0.717, 1.165) is 32.5 Å². The lowest BCUT2D eigenvalue weighted by Gasteiger charge is -2.31. The van der Waals surface area contributed by atoms with Crippen molar-refractivity contribution in [1.29, 1.82) is 0 Å². The fourth-order valence-corrected chi connectivity index (χ4v) is 2.11. The molecule has 0 atom stereocenters. The van der Waals surface area contributed by atoms with Crippen LogP contribution in [0.3, 0.4) is 0 Å². The maximum Gasteiger partial charge on any atom is 0.221 e. The first-order valence-electron chi connectivity index (χ1n) is 6.77. The van der Waals surface area contributed by atoms with E-state index in [4.69, 9.17) is 0 Å². The van der Waals surface area contributed by atoms with Crippen molar-refractivity contribution in [3.05, 3.63) is 0 Å². The Morgan fingerprint density at radius 2 is 1.89 bits per heavy atom. The fraction of sp³-hybridized carbons (Fsp3) is 0.846. The van der Waals surface area contributed by atoms with E-state index in [0.29, 0.717) is 12.5 Å². The van der Waals surface area contributed by atoms with E-state index in [1.807, 2.05) is 4.90 Å². The number of hydrogen-bond donors (Lipinski definition) is 2. The third-order valence-electron chi connectivity index (χ3n) is 3.21. The summed E-state index contributed by atoms with van der Waals surface area (Å²) < 4.78 is 0. The van der Waals surface area contributed by atoms with E-state index in [9.17, 15) is 9.59 Å². The Morgan fingerprint density at radius 3 is 2.39 bits per heavy atom. The van der Waals surface area contributed by atoms with Crippen LogP contribution >= 0.6 is 0 Å². The van der Waals surface area contributed by atoms with Gasteiger partial charge in [0.1, 0.15) is 0 Å². The second kappa shape index (κ2) is 7.36. The van der Waals surface area contributed by atoms with Crippen LogP contribution in [0, 0.1) is 0 Å². The molecule has 1 rings (SSSR count). The van der Waals surface area contributed by atoms with E-state index < -0.39 is 0 Å². The predicted molar refractivity (Wildman–Crippen MR) is 71.2 cm³/mol. The maximum atomic E-state index is 11.7. The zero-order valence-electron chi connectivity index (χ0n) is 11.7. The summed E-state index contributed by atoms with van der Waals surface area (Å²) >= 11 is 0. The van der Waals surface area contributed by atoms with Crippen LogP contribution in [0.25, 0.3) is 0 Å². The van der Waals surface area contributed by atoms with Crippen molar-refractivity contribution in [3.63, 3.8) is 0 Å². The molecule has 104 valence electrons. The lowest BCUT2D eigenvalue weighted by Crippen LogP contribution is -2.46. The van der Waals surface area contributed by atoms with Gasteiger partial charge in [0.15, 0.2) is 0 Å².